The van der Waals surface area contributed by atoms with E-state index in [2.05, 4.69) is 16.0 Å². The lowest BCUT2D eigenvalue weighted by Gasteiger charge is -2.38. The second-order valence-electron chi connectivity index (χ2n) is 4.94. The van der Waals surface area contributed by atoms with Gasteiger partial charge in [-0.05, 0) is 18.6 Å². The maximum Gasteiger partial charge on any atom is 0.223 e. The second-order valence-corrected chi connectivity index (χ2v) is 4.94. The fourth-order valence-corrected chi connectivity index (χ4v) is 2.82. The van der Waals surface area contributed by atoms with Crippen molar-refractivity contribution in [1.29, 1.82) is 0 Å². The number of piperazine rings is 1. The molecule has 0 bridgehead atoms. The summed E-state index contributed by atoms with van der Waals surface area (Å²) in [7, 11) is 0. The van der Waals surface area contributed by atoms with Crippen molar-refractivity contribution in [3.63, 3.8) is 0 Å². The number of pyridine rings is 1. The van der Waals surface area contributed by atoms with Crippen LogP contribution >= 0.6 is 0 Å². The molecule has 18 heavy (non-hydrogen) atoms. The Morgan fingerprint density at radius 2 is 2.28 bits per heavy atom. The first-order chi connectivity index (χ1) is 8.78. The zero-order valence-corrected chi connectivity index (χ0v) is 10.4. The summed E-state index contributed by atoms with van der Waals surface area (Å²) < 4.78 is 0. The smallest absolute Gasteiger partial charge is 0.223 e. The number of carbonyl (C=O) groups is 1. The summed E-state index contributed by atoms with van der Waals surface area (Å²) >= 11 is 0. The van der Waals surface area contributed by atoms with Gasteiger partial charge in [0.05, 0.1) is 17.6 Å². The van der Waals surface area contributed by atoms with E-state index in [1.54, 1.807) is 0 Å². The predicted molar refractivity (Wildman–Crippen MR) is 69.1 cm³/mol. The quantitative estimate of drug-likeness (QED) is 0.818. The lowest BCUT2D eigenvalue weighted by atomic mass is 10.1. The average molecular weight is 246 g/mol. The summed E-state index contributed by atoms with van der Waals surface area (Å²) in [6.07, 6.45) is 3.58. The van der Waals surface area contributed by atoms with Crippen LogP contribution in [-0.4, -0.2) is 41.5 Å². The van der Waals surface area contributed by atoms with Crippen LogP contribution < -0.4 is 10.6 Å². The van der Waals surface area contributed by atoms with Gasteiger partial charge in [-0.25, -0.2) is 0 Å². The lowest BCUT2D eigenvalue weighted by molar-refractivity contribution is -0.129. The fourth-order valence-electron chi connectivity index (χ4n) is 2.82. The highest BCUT2D eigenvalue weighted by atomic mass is 16.2. The molecule has 2 saturated heterocycles. The molecule has 0 radical (unpaired) electrons. The van der Waals surface area contributed by atoms with Gasteiger partial charge in [0.25, 0.3) is 0 Å². The first-order valence-corrected chi connectivity index (χ1v) is 6.47. The predicted octanol–water partition coefficient (Wildman–Crippen LogP) is 0.351. The van der Waals surface area contributed by atoms with Gasteiger partial charge in [0.1, 0.15) is 0 Å². The number of hydrogen-bond donors (Lipinski definition) is 1. The van der Waals surface area contributed by atoms with E-state index in [1.807, 2.05) is 17.2 Å². The third-order valence-corrected chi connectivity index (χ3v) is 3.88. The molecule has 96 valence electrons. The number of aromatic nitrogens is 1. The van der Waals surface area contributed by atoms with E-state index in [9.17, 15) is 4.79 Å². The van der Waals surface area contributed by atoms with Gasteiger partial charge in [0.15, 0.2) is 0 Å². The Morgan fingerprint density at radius 1 is 1.39 bits per heavy atom. The van der Waals surface area contributed by atoms with E-state index in [4.69, 9.17) is 5.73 Å². The normalized spacial score (nSPS) is 23.4. The molecular formula is C13H18N4O. The minimum atomic E-state index is 0.316. The van der Waals surface area contributed by atoms with Gasteiger partial charge in [0.2, 0.25) is 5.91 Å². The Hall–Kier alpha value is -1.62. The third kappa shape index (κ3) is 1.95. The molecule has 1 aromatic rings. The summed E-state index contributed by atoms with van der Waals surface area (Å²) in [5.74, 6) is 0.316. The van der Waals surface area contributed by atoms with E-state index in [-0.39, 0.29) is 0 Å². The van der Waals surface area contributed by atoms with Crippen LogP contribution in [0.3, 0.4) is 0 Å². The lowest BCUT2D eigenvalue weighted by Crippen LogP contribution is -2.51. The fraction of sp³-hybridized carbons (Fsp3) is 0.538. The summed E-state index contributed by atoms with van der Waals surface area (Å²) in [5, 5.41) is 0. The van der Waals surface area contributed by atoms with Crippen LogP contribution in [0, 0.1) is 0 Å². The van der Waals surface area contributed by atoms with Gasteiger partial charge in [-0.2, -0.15) is 0 Å². The molecule has 0 spiro atoms. The van der Waals surface area contributed by atoms with Crippen LogP contribution in [-0.2, 0) is 11.3 Å². The molecule has 0 aliphatic carbocycles. The zero-order valence-electron chi connectivity index (χ0n) is 10.4. The number of rotatable bonds is 2. The number of anilines is 1. The monoisotopic (exact) mass is 246 g/mol. The molecule has 2 aliphatic heterocycles. The van der Waals surface area contributed by atoms with Gasteiger partial charge in [-0.1, -0.05) is 0 Å². The summed E-state index contributed by atoms with van der Waals surface area (Å²) in [6.45, 7) is 3.13. The van der Waals surface area contributed by atoms with Gasteiger partial charge in [0, 0.05) is 38.6 Å². The summed E-state index contributed by atoms with van der Waals surface area (Å²) in [6, 6.07) is 4.43. The first-order valence-electron chi connectivity index (χ1n) is 6.47. The molecular weight excluding hydrogens is 228 g/mol. The van der Waals surface area contributed by atoms with E-state index < -0.39 is 0 Å². The molecule has 2 N–H and O–H groups in total. The highest BCUT2D eigenvalue weighted by molar-refractivity contribution is 5.79. The Labute approximate surface area is 107 Å². The standard InChI is InChI=1S/C13H18N4O/c14-7-10-1-2-11(8-15-10)16-5-6-17-12(9-16)3-4-13(17)18/h1-2,8,12H,3-7,9,14H2. The molecule has 1 atom stereocenters. The van der Waals surface area contributed by atoms with Crippen molar-refractivity contribution in [1.82, 2.24) is 9.88 Å². The van der Waals surface area contributed by atoms with Crippen LogP contribution in [0.5, 0.6) is 0 Å². The van der Waals surface area contributed by atoms with Crippen molar-refractivity contribution in [2.24, 2.45) is 5.73 Å². The van der Waals surface area contributed by atoms with Gasteiger partial charge < -0.3 is 15.5 Å². The van der Waals surface area contributed by atoms with E-state index in [1.165, 1.54) is 0 Å². The third-order valence-electron chi connectivity index (χ3n) is 3.88. The number of carbonyl (C=O) groups excluding carboxylic acids is 1. The van der Waals surface area contributed by atoms with E-state index in [0.29, 0.717) is 24.9 Å². The number of nitrogens with two attached hydrogens (primary N) is 1. The molecule has 1 aromatic heterocycles. The van der Waals surface area contributed by atoms with Crippen LogP contribution in [0.1, 0.15) is 18.5 Å². The van der Waals surface area contributed by atoms with Crippen molar-refractivity contribution < 1.29 is 4.79 Å². The molecule has 5 heteroatoms. The summed E-state index contributed by atoms with van der Waals surface area (Å²) in [4.78, 5) is 20.3. The molecule has 2 aliphatic rings. The van der Waals surface area contributed by atoms with Crippen molar-refractivity contribution >= 4 is 11.6 Å². The number of amides is 1. The topological polar surface area (TPSA) is 62.5 Å². The van der Waals surface area contributed by atoms with Gasteiger partial charge in [-0.15, -0.1) is 0 Å². The molecule has 3 heterocycles. The molecule has 2 fully saturated rings. The van der Waals surface area contributed by atoms with Gasteiger partial charge in [-0.3, -0.25) is 9.78 Å². The minimum absolute atomic E-state index is 0.316. The van der Waals surface area contributed by atoms with Crippen LogP contribution in [0.15, 0.2) is 18.3 Å². The Balaban J connectivity index is 1.72. The van der Waals surface area contributed by atoms with E-state index >= 15 is 0 Å². The molecule has 5 nitrogen and oxygen atoms in total. The number of hydrogen-bond acceptors (Lipinski definition) is 4. The SMILES string of the molecule is NCc1ccc(N2CCN3C(=O)CCC3C2)cn1. The van der Waals surface area contributed by atoms with Crippen LogP contribution in [0.2, 0.25) is 0 Å². The van der Waals surface area contributed by atoms with E-state index in [0.717, 1.165) is 37.4 Å². The molecule has 0 saturated carbocycles. The van der Waals surface area contributed by atoms with Gasteiger partial charge >= 0.3 is 0 Å². The minimum Gasteiger partial charge on any atom is -0.366 e. The molecule has 1 unspecified atom stereocenters. The zero-order chi connectivity index (χ0) is 12.5. The Bertz CT molecular complexity index is 445. The average Bonchev–Trinajstić information content (AvgIpc) is 2.80. The molecule has 0 aromatic carbocycles. The van der Waals surface area contributed by atoms with Crippen molar-refractivity contribution in [2.45, 2.75) is 25.4 Å². The number of fused-ring (bicyclic) bond motifs is 1. The highest BCUT2D eigenvalue weighted by Crippen LogP contribution is 2.25. The van der Waals surface area contributed by atoms with Crippen LogP contribution in [0.4, 0.5) is 5.69 Å². The highest BCUT2D eigenvalue weighted by Gasteiger charge is 2.35. The number of nitrogens with zero attached hydrogens (tertiary/aromatic N) is 3. The Kier molecular flexibility index (Phi) is 2.91. The van der Waals surface area contributed by atoms with Crippen molar-refractivity contribution in [3.05, 3.63) is 24.0 Å². The van der Waals surface area contributed by atoms with Crippen molar-refractivity contribution in [2.75, 3.05) is 24.5 Å². The maximum atomic E-state index is 11.6. The molecule has 3 rings (SSSR count). The Morgan fingerprint density at radius 3 is 3.00 bits per heavy atom. The second kappa shape index (κ2) is 4.57. The van der Waals surface area contributed by atoms with Crippen LogP contribution in [0.25, 0.3) is 0 Å². The maximum absolute atomic E-state index is 11.6. The first kappa shape index (κ1) is 11.5. The summed E-state index contributed by atoms with van der Waals surface area (Å²) in [5.41, 5.74) is 7.58. The molecule has 1 amide bonds. The largest absolute Gasteiger partial charge is 0.366 e. The van der Waals surface area contributed by atoms with Crippen molar-refractivity contribution in [3.8, 4) is 0 Å².